The van der Waals surface area contributed by atoms with Gasteiger partial charge >= 0.3 is 0 Å². The fourth-order valence-electron chi connectivity index (χ4n) is 1.60. The second kappa shape index (κ2) is 4.85. The number of carbonyl (C=O) groups is 1. The second-order valence-corrected chi connectivity index (χ2v) is 4.56. The highest BCUT2D eigenvalue weighted by atomic mass is 79.9. The third-order valence-electron chi connectivity index (χ3n) is 2.48. The standard InChI is InChI=1S/C12H8BrN3O3/c13-11-5-14-8(4-15-11)12(17)16-7-1-2-9-10(3-7)19-6-18-9/h1-5H,6H2,(H,16,17). The predicted octanol–water partition coefficient (Wildman–Crippen LogP) is 2.22. The van der Waals surface area contributed by atoms with Crippen molar-refractivity contribution in [2.24, 2.45) is 0 Å². The smallest absolute Gasteiger partial charge is 0.275 e. The Balaban J connectivity index is 1.77. The molecule has 0 spiro atoms. The van der Waals surface area contributed by atoms with Gasteiger partial charge in [0.2, 0.25) is 6.79 Å². The highest BCUT2D eigenvalue weighted by Crippen LogP contribution is 2.34. The first-order chi connectivity index (χ1) is 9.22. The number of nitrogens with zero attached hydrogens (tertiary/aromatic N) is 2. The van der Waals surface area contributed by atoms with Gasteiger partial charge in [-0.05, 0) is 28.1 Å². The zero-order chi connectivity index (χ0) is 13.2. The van der Waals surface area contributed by atoms with E-state index < -0.39 is 0 Å². The summed E-state index contributed by atoms with van der Waals surface area (Å²) < 4.78 is 11.0. The summed E-state index contributed by atoms with van der Waals surface area (Å²) in [6.45, 7) is 0.199. The van der Waals surface area contributed by atoms with Crippen LogP contribution < -0.4 is 14.8 Å². The van der Waals surface area contributed by atoms with Crippen LogP contribution in [0.3, 0.4) is 0 Å². The fraction of sp³-hybridized carbons (Fsp3) is 0.0833. The van der Waals surface area contributed by atoms with Crippen LogP contribution in [0, 0.1) is 0 Å². The lowest BCUT2D eigenvalue weighted by atomic mass is 10.2. The number of anilines is 1. The molecule has 0 radical (unpaired) electrons. The van der Waals surface area contributed by atoms with Gasteiger partial charge in [0.05, 0.1) is 12.4 Å². The predicted molar refractivity (Wildman–Crippen MR) is 70.3 cm³/mol. The van der Waals surface area contributed by atoms with Crippen molar-refractivity contribution < 1.29 is 14.3 Å². The summed E-state index contributed by atoms with van der Waals surface area (Å²) >= 11 is 3.16. The van der Waals surface area contributed by atoms with Crippen LogP contribution >= 0.6 is 15.9 Å². The van der Waals surface area contributed by atoms with Crippen molar-refractivity contribution in [2.45, 2.75) is 0 Å². The van der Waals surface area contributed by atoms with Gasteiger partial charge in [0, 0.05) is 11.8 Å². The molecule has 2 aromatic rings. The number of ether oxygens (including phenoxy) is 2. The van der Waals surface area contributed by atoms with Crippen LogP contribution in [0.4, 0.5) is 5.69 Å². The first-order valence-corrected chi connectivity index (χ1v) is 6.20. The summed E-state index contributed by atoms with van der Waals surface area (Å²) in [5.74, 6) is 0.944. The molecule has 1 N–H and O–H groups in total. The van der Waals surface area contributed by atoms with E-state index in [0.717, 1.165) is 0 Å². The Kier molecular flexibility index (Phi) is 3.04. The maximum atomic E-state index is 11.9. The number of rotatable bonds is 2. The first-order valence-electron chi connectivity index (χ1n) is 5.41. The molecule has 1 aromatic heterocycles. The van der Waals surface area contributed by atoms with Gasteiger partial charge in [-0.3, -0.25) is 4.79 Å². The third kappa shape index (κ3) is 2.50. The molecule has 0 bridgehead atoms. The lowest BCUT2D eigenvalue weighted by Gasteiger charge is -2.05. The summed E-state index contributed by atoms with van der Waals surface area (Å²) in [6.07, 6.45) is 2.86. The lowest BCUT2D eigenvalue weighted by Crippen LogP contribution is -2.13. The summed E-state index contributed by atoms with van der Waals surface area (Å²) in [6, 6.07) is 5.18. The molecule has 0 aliphatic carbocycles. The molecule has 1 aliphatic rings. The maximum Gasteiger partial charge on any atom is 0.275 e. The molecule has 0 saturated heterocycles. The number of amides is 1. The third-order valence-corrected chi connectivity index (χ3v) is 2.89. The molecule has 19 heavy (non-hydrogen) atoms. The van der Waals surface area contributed by atoms with Crippen LogP contribution in [0.15, 0.2) is 35.2 Å². The van der Waals surface area contributed by atoms with Crippen LogP contribution in [-0.2, 0) is 0 Å². The van der Waals surface area contributed by atoms with Gasteiger partial charge in [0.25, 0.3) is 5.91 Å². The van der Waals surface area contributed by atoms with Gasteiger partial charge in [-0.25, -0.2) is 9.97 Å². The zero-order valence-corrected chi connectivity index (χ0v) is 11.2. The fourth-order valence-corrected chi connectivity index (χ4v) is 1.80. The lowest BCUT2D eigenvalue weighted by molar-refractivity contribution is 0.102. The first kappa shape index (κ1) is 11.9. The highest BCUT2D eigenvalue weighted by molar-refractivity contribution is 9.10. The van der Waals surface area contributed by atoms with Crippen molar-refractivity contribution in [1.82, 2.24) is 9.97 Å². The largest absolute Gasteiger partial charge is 0.454 e. The van der Waals surface area contributed by atoms with Gasteiger partial charge in [0.15, 0.2) is 11.5 Å². The molecule has 1 aliphatic heterocycles. The SMILES string of the molecule is O=C(Nc1ccc2c(c1)OCO2)c1cnc(Br)cn1. The normalized spacial score (nSPS) is 12.3. The summed E-state index contributed by atoms with van der Waals surface area (Å²) in [4.78, 5) is 19.8. The van der Waals surface area contributed by atoms with Gasteiger partial charge in [-0.15, -0.1) is 0 Å². The number of hydrogen-bond donors (Lipinski definition) is 1. The number of carbonyl (C=O) groups excluding carboxylic acids is 1. The molecule has 96 valence electrons. The number of hydrogen-bond acceptors (Lipinski definition) is 5. The van der Waals surface area contributed by atoms with Gasteiger partial charge in [0.1, 0.15) is 10.3 Å². The van der Waals surface area contributed by atoms with Crippen molar-refractivity contribution in [3.05, 3.63) is 40.9 Å². The molecule has 0 saturated carbocycles. The highest BCUT2D eigenvalue weighted by Gasteiger charge is 2.15. The Morgan fingerprint density at radius 3 is 2.84 bits per heavy atom. The average Bonchev–Trinajstić information content (AvgIpc) is 2.87. The molecule has 0 unspecified atom stereocenters. The van der Waals surface area contributed by atoms with Gasteiger partial charge in [-0.2, -0.15) is 0 Å². The molecule has 3 rings (SSSR count). The molecule has 0 fully saturated rings. The average molecular weight is 322 g/mol. The Bertz CT molecular complexity index is 631. The summed E-state index contributed by atoms with van der Waals surface area (Å²) in [5, 5.41) is 2.72. The zero-order valence-electron chi connectivity index (χ0n) is 9.59. The minimum absolute atomic E-state index is 0.199. The van der Waals surface area contributed by atoms with Crippen molar-refractivity contribution in [3.8, 4) is 11.5 Å². The number of aromatic nitrogens is 2. The Morgan fingerprint density at radius 2 is 2.05 bits per heavy atom. The molecule has 1 aromatic carbocycles. The Hall–Kier alpha value is -2.15. The van der Waals surface area contributed by atoms with Crippen LogP contribution in [0.1, 0.15) is 10.5 Å². The Morgan fingerprint density at radius 1 is 1.21 bits per heavy atom. The van der Waals surface area contributed by atoms with Crippen molar-refractivity contribution in [1.29, 1.82) is 0 Å². The van der Waals surface area contributed by atoms with Crippen molar-refractivity contribution in [2.75, 3.05) is 12.1 Å². The summed E-state index contributed by atoms with van der Waals surface area (Å²) in [7, 11) is 0. The minimum Gasteiger partial charge on any atom is -0.454 e. The molecule has 2 heterocycles. The van der Waals surface area contributed by atoms with E-state index in [1.807, 2.05) is 0 Å². The number of benzene rings is 1. The van der Waals surface area contributed by atoms with Crippen LogP contribution in [0.25, 0.3) is 0 Å². The quantitative estimate of drug-likeness (QED) is 0.918. The van der Waals surface area contributed by atoms with E-state index in [1.165, 1.54) is 12.4 Å². The minimum atomic E-state index is -0.334. The molecule has 7 heteroatoms. The van der Waals surface area contributed by atoms with Crippen molar-refractivity contribution in [3.63, 3.8) is 0 Å². The van der Waals surface area contributed by atoms with Gasteiger partial charge in [-0.1, -0.05) is 0 Å². The topological polar surface area (TPSA) is 73.3 Å². The van der Waals surface area contributed by atoms with Gasteiger partial charge < -0.3 is 14.8 Å². The van der Waals surface area contributed by atoms with E-state index >= 15 is 0 Å². The maximum absolute atomic E-state index is 11.9. The van der Waals surface area contributed by atoms with E-state index in [2.05, 4.69) is 31.2 Å². The van der Waals surface area contributed by atoms with Crippen LogP contribution in [-0.4, -0.2) is 22.7 Å². The molecular weight excluding hydrogens is 314 g/mol. The summed E-state index contributed by atoms with van der Waals surface area (Å²) in [5.41, 5.74) is 0.847. The monoisotopic (exact) mass is 321 g/mol. The van der Waals surface area contributed by atoms with Crippen LogP contribution in [0.2, 0.25) is 0 Å². The molecular formula is C12H8BrN3O3. The second-order valence-electron chi connectivity index (χ2n) is 3.75. The van der Waals surface area contributed by atoms with E-state index in [9.17, 15) is 4.79 Å². The Labute approximate surface area is 116 Å². The number of nitrogens with one attached hydrogen (secondary N) is 1. The molecule has 6 nitrogen and oxygen atoms in total. The molecule has 0 atom stereocenters. The van der Waals surface area contributed by atoms with E-state index in [-0.39, 0.29) is 18.4 Å². The number of halogens is 1. The van der Waals surface area contributed by atoms with Crippen molar-refractivity contribution >= 4 is 27.5 Å². The van der Waals surface area contributed by atoms with E-state index in [1.54, 1.807) is 18.2 Å². The molecule has 1 amide bonds. The van der Waals surface area contributed by atoms with Crippen LogP contribution in [0.5, 0.6) is 11.5 Å². The van der Waals surface area contributed by atoms with E-state index in [4.69, 9.17) is 9.47 Å². The van der Waals surface area contributed by atoms with E-state index in [0.29, 0.717) is 21.8 Å². The number of fused-ring (bicyclic) bond motifs is 1.